The molecular formula is C21H29ClN2O. The molecule has 0 spiro atoms. The standard InChI is InChI=1S/C21H28N2O.ClH/c22-20(15-17-7-3-1-4-8-17)21(24)16-23-13-11-19(12-14-23)18-9-5-2-6-10-18;/h1-10,19-21,24H,11-16,22H2;1H/t20-,21+;/m1./s1. The summed E-state index contributed by atoms with van der Waals surface area (Å²) in [5, 5.41) is 10.4. The summed E-state index contributed by atoms with van der Waals surface area (Å²) in [6.07, 6.45) is 2.57. The summed E-state index contributed by atoms with van der Waals surface area (Å²) in [4.78, 5) is 2.36. The number of aliphatic hydroxyl groups excluding tert-OH is 1. The van der Waals surface area contributed by atoms with Crippen molar-refractivity contribution in [2.75, 3.05) is 19.6 Å². The van der Waals surface area contributed by atoms with E-state index < -0.39 is 6.10 Å². The molecule has 2 aromatic carbocycles. The normalized spacial score (nSPS) is 18.3. The zero-order valence-corrected chi connectivity index (χ0v) is 15.4. The lowest BCUT2D eigenvalue weighted by Gasteiger charge is -2.34. The van der Waals surface area contributed by atoms with Gasteiger partial charge in [0.05, 0.1) is 6.10 Å². The maximum Gasteiger partial charge on any atom is 0.0820 e. The van der Waals surface area contributed by atoms with Crippen LogP contribution in [0.5, 0.6) is 0 Å². The van der Waals surface area contributed by atoms with E-state index in [1.165, 1.54) is 11.1 Å². The monoisotopic (exact) mass is 360 g/mol. The molecule has 3 nitrogen and oxygen atoms in total. The second-order valence-electron chi connectivity index (χ2n) is 6.91. The highest BCUT2D eigenvalue weighted by atomic mass is 35.5. The van der Waals surface area contributed by atoms with Gasteiger partial charge in [0, 0.05) is 12.6 Å². The first kappa shape index (κ1) is 19.9. The van der Waals surface area contributed by atoms with E-state index in [0.717, 1.165) is 32.4 Å². The minimum Gasteiger partial charge on any atom is -0.390 e. The SMILES string of the molecule is Cl.N[C@H](Cc1ccccc1)[C@@H](O)CN1CCC(c2ccccc2)CC1. The minimum absolute atomic E-state index is 0. The van der Waals surface area contributed by atoms with Gasteiger partial charge in [0.15, 0.2) is 0 Å². The summed E-state index contributed by atoms with van der Waals surface area (Å²) in [6.45, 7) is 2.75. The van der Waals surface area contributed by atoms with E-state index in [0.29, 0.717) is 12.5 Å². The number of hydrogen-bond donors (Lipinski definition) is 2. The topological polar surface area (TPSA) is 49.5 Å². The Balaban J connectivity index is 0.00000225. The lowest BCUT2D eigenvalue weighted by atomic mass is 9.89. The van der Waals surface area contributed by atoms with Crippen LogP contribution < -0.4 is 5.73 Å². The maximum atomic E-state index is 10.4. The average molecular weight is 361 g/mol. The first-order valence-corrected chi connectivity index (χ1v) is 8.97. The third-order valence-corrected chi connectivity index (χ3v) is 5.11. The van der Waals surface area contributed by atoms with Crippen molar-refractivity contribution < 1.29 is 5.11 Å². The minimum atomic E-state index is -0.474. The molecule has 25 heavy (non-hydrogen) atoms. The maximum absolute atomic E-state index is 10.4. The van der Waals surface area contributed by atoms with E-state index in [-0.39, 0.29) is 18.4 Å². The number of likely N-dealkylation sites (tertiary alicyclic amines) is 1. The molecule has 0 radical (unpaired) electrons. The molecule has 1 aliphatic rings. The van der Waals surface area contributed by atoms with Gasteiger partial charge in [-0.1, -0.05) is 60.7 Å². The molecule has 0 amide bonds. The molecule has 1 fully saturated rings. The lowest BCUT2D eigenvalue weighted by Crippen LogP contribution is -2.46. The Bertz CT molecular complexity index is 600. The van der Waals surface area contributed by atoms with Gasteiger partial charge in [0.2, 0.25) is 0 Å². The van der Waals surface area contributed by atoms with Gasteiger partial charge in [-0.05, 0) is 49.4 Å². The van der Waals surface area contributed by atoms with Gasteiger partial charge in [-0.25, -0.2) is 0 Å². The fourth-order valence-corrected chi connectivity index (χ4v) is 3.60. The van der Waals surface area contributed by atoms with Gasteiger partial charge in [-0.2, -0.15) is 0 Å². The highest BCUT2D eigenvalue weighted by Crippen LogP contribution is 2.27. The van der Waals surface area contributed by atoms with Crippen molar-refractivity contribution in [2.45, 2.75) is 37.3 Å². The number of β-amino-alcohol motifs (C(OH)–C–C–N with tert-alkyl or cyclic N) is 1. The molecule has 2 atom stereocenters. The van der Waals surface area contributed by atoms with Crippen molar-refractivity contribution in [1.82, 2.24) is 4.90 Å². The Hall–Kier alpha value is -1.39. The third kappa shape index (κ3) is 5.82. The van der Waals surface area contributed by atoms with Crippen LogP contribution in [0.1, 0.15) is 29.9 Å². The molecule has 0 aromatic heterocycles. The molecule has 136 valence electrons. The van der Waals surface area contributed by atoms with Crippen LogP contribution in [0.4, 0.5) is 0 Å². The van der Waals surface area contributed by atoms with Gasteiger partial charge in [-0.3, -0.25) is 0 Å². The summed E-state index contributed by atoms with van der Waals surface area (Å²) >= 11 is 0. The zero-order valence-electron chi connectivity index (χ0n) is 14.6. The largest absolute Gasteiger partial charge is 0.390 e. The van der Waals surface area contributed by atoms with Gasteiger partial charge in [0.1, 0.15) is 0 Å². The van der Waals surface area contributed by atoms with Crippen molar-refractivity contribution in [3.63, 3.8) is 0 Å². The molecule has 0 saturated carbocycles. The highest BCUT2D eigenvalue weighted by molar-refractivity contribution is 5.85. The molecular weight excluding hydrogens is 332 g/mol. The number of piperidine rings is 1. The first-order valence-electron chi connectivity index (χ1n) is 8.97. The fourth-order valence-electron chi connectivity index (χ4n) is 3.60. The van der Waals surface area contributed by atoms with Crippen LogP contribution >= 0.6 is 12.4 Å². The Morgan fingerprint density at radius 2 is 1.52 bits per heavy atom. The number of halogens is 1. The summed E-state index contributed by atoms with van der Waals surface area (Å²) in [5.74, 6) is 0.651. The molecule has 1 aliphatic heterocycles. The molecule has 0 aliphatic carbocycles. The Kier molecular flexibility index (Phi) is 7.91. The third-order valence-electron chi connectivity index (χ3n) is 5.11. The van der Waals surface area contributed by atoms with E-state index in [2.05, 4.69) is 47.4 Å². The molecule has 3 N–H and O–H groups in total. The van der Waals surface area contributed by atoms with Crippen molar-refractivity contribution >= 4 is 12.4 Å². The number of benzene rings is 2. The highest BCUT2D eigenvalue weighted by Gasteiger charge is 2.24. The van der Waals surface area contributed by atoms with Crippen molar-refractivity contribution in [2.24, 2.45) is 5.73 Å². The van der Waals surface area contributed by atoms with E-state index in [1.807, 2.05) is 18.2 Å². The van der Waals surface area contributed by atoms with Gasteiger partial charge in [-0.15, -0.1) is 12.4 Å². The van der Waals surface area contributed by atoms with Crippen LogP contribution in [0.2, 0.25) is 0 Å². The molecule has 4 heteroatoms. The average Bonchev–Trinajstić information content (AvgIpc) is 2.64. The predicted octanol–water partition coefficient (Wildman–Crippen LogP) is 3.22. The second-order valence-corrected chi connectivity index (χ2v) is 6.91. The zero-order chi connectivity index (χ0) is 16.8. The number of nitrogens with zero attached hydrogens (tertiary/aromatic N) is 1. The molecule has 0 bridgehead atoms. The van der Waals surface area contributed by atoms with E-state index in [4.69, 9.17) is 5.73 Å². The molecule has 2 aromatic rings. The van der Waals surface area contributed by atoms with E-state index in [1.54, 1.807) is 0 Å². The van der Waals surface area contributed by atoms with Gasteiger partial charge in [0.25, 0.3) is 0 Å². The second kappa shape index (κ2) is 9.93. The predicted molar refractivity (Wildman–Crippen MR) is 106 cm³/mol. The van der Waals surface area contributed by atoms with E-state index in [9.17, 15) is 5.11 Å². The Morgan fingerprint density at radius 1 is 0.960 bits per heavy atom. The van der Waals surface area contributed by atoms with Crippen molar-refractivity contribution in [3.8, 4) is 0 Å². The summed E-state index contributed by atoms with van der Waals surface area (Å²) in [5.41, 5.74) is 8.84. The van der Waals surface area contributed by atoms with Crippen molar-refractivity contribution in [1.29, 1.82) is 0 Å². The van der Waals surface area contributed by atoms with Crippen LogP contribution in [0, 0.1) is 0 Å². The van der Waals surface area contributed by atoms with Gasteiger partial charge >= 0.3 is 0 Å². The summed E-state index contributed by atoms with van der Waals surface area (Å²) in [6, 6.07) is 20.7. The fraction of sp³-hybridized carbons (Fsp3) is 0.429. The number of nitrogens with two attached hydrogens (primary N) is 1. The van der Waals surface area contributed by atoms with Crippen molar-refractivity contribution in [3.05, 3.63) is 71.8 Å². The molecule has 1 saturated heterocycles. The van der Waals surface area contributed by atoms with Gasteiger partial charge < -0.3 is 15.7 Å². The number of hydrogen-bond acceptors (Lipinski definition) is 3. The quantitative estimate of drug-likeness (QED) is 0.831. The Labute approximate surface area is 157 Å². The summed E-state index contributed by atoms with van der Waals surface area (Å²) in [7, 11) is 0. The smallest absolute Gasteiger partial charge is 0.0820 e. The molecule has 3 rings (SSSR count). The van der Waals surface area contributed by atoms with Crippen LogP contribution in [-0.4, -0.2) is 41.8 Å². The number of rotatable bonds is 6. The number of aliphatic hydroxyl groups is 1. The van der Waals surface area contributed by atoms with Crippen LogP contribution in [-0.2, 0) is 6.42 Å². The summed E-state index contributed by atoms with van der Waals surface area (Å²) < 4.78 is 0. The molecule has 1 heterocycles. The van der Waals surface area contributed by atoms with Crippen LogP contribution in [0.15, 0.2) is 60.7 Å². The van der Waals surface area contributed by atoms with E-state index >= 15 is 0 Å². The lowest BCUT2D eigenvalue weighted by molar-refractivity contribution is 0.0786. The first-order chi connectivity index (χ1) is 11.7. The Morgan fingerprint density at radius 3 is 2.12 bits per heavy atom. The van der Waals surface area contributed by atoms with Crippen LogP contribution in [0.25, 0.3) is 0 Å². The van der Waals surface area contributed by atoms with Crippen LogP contribution in [0.3, 0.4) is 0 Å². The molecule has 0 unspecified atom stereocenters.